The molecule has 0 saturated carbocycles. The van der Waals surface area contributed by atoms with E-state index in [-0.39, 0.29) is 0 Å². The molecular formula is C15H30N2. The van der Waals surface area contributed by atoms with Gasteiger partial charge in [-0.15, -0.1) is 0 Å². The van der Waals surface area contributed by atoms with E-state index in [0.29, 0.717) is 0 Å². The largest absolute Gasteiger partial charge is 0.361 e. The Kier molecular flexibility index (Phi) is 8.12. The summed E-state index contributed by atoms with van der Waals surface area (Å²) in [6.07, 6.45) is 14.6. The van der Waals surface area contributed by atoms with Gasteiger partial charge in [0.05, 0.1) is 5.84 Å². The molecule has 0 spiro atoms. The molecule has 0 amide bonds. The predicted molar refractivity (Wildman–Crippen MR) is 75.8 cm³/mol. The average Bonchev–Trinajstić information content (AvgIpc) is 2.35. The molecule has 1 aliphatic rings. The van der Waals surface area contributed by atoms with Crippen LogP contribution in [0.4, 0.5) is 0 Å². The van der Waals surface area contributed by atoms with Crippen LogP contribution < -0.4 is 0 Å². The third kappa shape index (κ3) is 6.70. The van der Waals surface area contributed by atoms with Crippen LogP contribution >= 0.6 is 0 Å². The van der Waals surface area contributed by atoms with Crippen molar-refractivity contribution in [2.75, 3.05) is 13.1 Å². The Morgan fingerprint density at radius 1 is 0.941 bits per heavy atom. The van der Waals surface area contributed by atoms with Crippen molar-refractivity contribution in [3.63, 3.8) is 0 Å². The average molecular weight is 238 g/mol. The van der Waals surface area contributed by atoms with Gasteiger partial charge in [-0.25, -0.2) is 0 Å². The Labute approximate surface area is 107 Å². The minimum Gasteiger partial charge on any atom is -0.361 e. The van der Waals surface area contributed by atoms with E-state index < -0.39 is 0 Å². The van der Waals surface area contributed by atoms with Crippen LogP contribution in [0.15, 0.2) is 0 Å². The Hall–Kier alpha value is -0.530. The first-order valence-corrected chi connectivity index (χ1v) is 7.67. The number of unbranched alkanes of at least 4 members (excludes halogenated alkanes) is 7. The minimum absolute atomic E-state index is 0.888. The second-order valence-electron chi connectivity index (χ2n) is 5.37. The highest BCUT2D eigenvalue weighted by Crippen LogP contribution is 2.13. The Bertz CT molecular complexity index is 201. The van der Waals surface area contributed by atoms with Gasteiger partial charge in [0, 0.05) is 19.5 Å². The fourth-order valence-electron chi connectivity index (χ4n) is 2.57. The normalized spacial score (nSPS) is 16.5. The van der Waals surface area contributed by atoms with Crippen LogP contribution in [0.2, 0.25) is 0 Å². The summed E-state index contributed by atoms with van der Waals surface area (Å²) in [5, 5.41) is 7.86. The van der Waals surface area contributed by atoms with Crippen molar-refractivity contribution >= 4 is 5.84 Å². The molecule has 0 aromatic heterocycles. The van der Waals surface area contributed by atoms with E-state index in [1.165, 1.54) is 64.2 Å². The second-order valence-corrected chi connectivity index (χ2v) is 5.37. The van der Waals surface area contributed by atoms with Crippen LogP contribution in [0.3, 0.4) is 0 Å². The molecular weight excluding hydrogens is 208 g/mol. The van der Waals surface area contributed by atoms with E-state index >= 15 is 0 Å². The van der Waals surface area contributed by atoms with Gasteiger partial charge >= 0.3 is 0 Å². The van der Waals surface area contributed by atoms with Crippen molar-refractivity contribution < 1.29 is 0 Å². The van der Waals surface area contributed by atoms with E-state index in [1.807, 2.05) is 0 Å². The molecule has 2 heteroatoms. The lowest BCUT2D eigenvalue weighted by atomic mass is 10.1. The standard InChI is InChI=1S/C15H30N2/c1-2-3-4-5-6-7-8-10-13-17-14-11-9-12-15(17)16/h16H,2-14H2,1H3. The van der Waals surface area contributed by atoms with Crippen molar-refractivity contribution in [1.82, 2.24) is 4.90 Å². The quantitative estimate of drug-likeness (QED) is 0.584. The number of likely N-dealkylation sites (tertiary alicyclic amines) is 1. The highest BCUT2D eigenvalue weighted by Gasteiger charge is 2.13. The van der Waals surface area contributed by atoms with Crippen LogP contribution in [0.1, 0.15) is 77.6 Å². The Morgan fingerprint density at radius 3 is 2.24 bits per heavy atom. The third-order valence-electron chi connectivity index (χ3n) is 3.75. The maximum Gasteiger partial charge on any atom is 0.0957 e. The predicted octanol–water partition coefficient (Wildman–Crippen LogP) is 4.59. The van der Waals surface area contributed by atoms with Crippen LogP contribution in [-0.2, 0) is 0 Å². The number of nitrogens with one attached hydrogen (secondary N) is 1. The fourth-order valence-corrected chi connectivity index (χ4v) is 2.57. The summed E-state index contributed by atoms with van der Waals surface area (Å²) in [4.78, 5) is 2.29. The van der Waals surface area contributed by atoms with Gasteiger partial charge < -0.3 is 4.90 Å². The zero-order chi connectivity index (χ0) is 12.3. The molecule has 0 radical (unpaired) electrons. The number of nitrogens with zero attached hydrogens (tertiary/aromatic N) is 1. The summed E-state index contributed by atoms with van der Waals surface area (Å²) in [5.74, 6) is 0.888. The highest BCUT2D eigenvalue weighted by atomic mass is 15.2. The van der Waals surface area contributed by atoms with E-state index in [9.17, 15) is 0 Å². The maximum absolute atomic E-state index is 7.86. The molecule has 0 aromatic rings. The lowest BCUT2D eigenvalue weighted by Gasteiger charge is -2.29. The third-order valence-corrected chi connectivity index (χ3v) is 3.75. The zero-order valence-corrected chi connectivity index (χ0v) is 11.6. The highest BCUT2D eigenvalue weighted by molar-refractivity contribution is 5.79. The number of piperidine rings is 1. The number of amidine groups is 1. The van der Waals surface area contributed by atoms with Crippen LogP contribution in [0.5, 0.6) is 0 Å². The molecule has 0 aliphatic carbocycles. The molecule has 0 bridgehead atoms. The SMILES string of the molecule is CCCCCCCCCCN1CCCCC1=N. The first kappa shape index (κ1) is 14.5. The zero-order valence-electron chi connectivity index (χ0n) is 11.6. The van der Waals surface area contributed by atoms with Crippen molar-refractivity contribution in [2.45, 2.75) is 77.6 Å². The molecule has 0 aromatic carbocycles. The Balaban J connectivity index is 1.88. The summed E-state index contributed by atoms with van der Waals surface area (Å²) in [6, 6.07) is 0. The molecule has 2 nitrogen and oxygen atoms in total. The molecule has 1 saturated heterocycles. The molecule has 0 unspecified atom stereocenters. The van der Waals surface area contributed by atoms with Crippen LogP contribution in [-0.4, -0.2) is 23.8 Å². The topological polar surface area (TPSA) is 27.1 Å². The summed E-state index contributed by atoms with van der Waals surface area (Å²) in [6.45, 7) is 4.54. The maximum atomic E-state index is 7.86. The first-order chi connectivity index (χ1) is 8.34. The second kappa shape index (κ2) is 9.49. The number of hydrogen-bond donors (Lipinski definition) is 1. The fraction of sp³-hybridized carbons (Fsp3) is 0.933. The molecule has 1 fully saturated rings. The summed E-state index contributed by atoms with van der Waals surface area (Å²) in [7, 11) is 0. The van der Waals surface area contributed by atoms with E-state index in [4.69, 9.17) is 5.41 Å². The molecule has 100 valence electrons. The monoisotopic (exact) mass is 238 g/mol. The van der Waals surface area contributed by atoms with Gasteiger partial charge in [0.15, 0.2) is 0 Å². The van der Waals surface area contributed by atoms with Gasteiger partial charge in [-0.1, -0.05) is 51.9 Å². The van der Waals surface area contributed by atoms with Crippen molar-refractivity contribution in [3.05, 3.63) is 0 Å². The van der Waals surface area contributed by atoms with Crippen molar-refractivity contribution in [2.24, 2.45) is 0 Å². The van der Waals surface area contributed by atoms with Gasteiger partial charge in [0.25, 0.3) is 0 Å². The molecule has 0 atom stereocenters. The number of rotatable bonds is 9. The van der Waals surface area contributed by atoms with E-state index in [2.05, 4.69) is 11.8 Å². The smallest absolute Gasteiger partial charge is 0.0957 e. The van der Waals surface area contributed by atoms with Gasteiger partial charge in [0.1, 0.15) is 0 Å². The van der Waals surface area contributed by atoms with Crippen molar-refractivity contribution in [1.29, 1.82) is 5.41 Å². The molecule has 1 rings (SSSR count). The number of hydrogen-bond acceptors (Lipinski definition) is 1. The lowest BCUT2D eigenvalue weighted by molar-refractivity contribution is 0.355. The Morgan fingerprint density at radius 2 is 1.59 bits per heavy atom. The van der Waals surface area contributed by atoms with Gasteiger partial charge in [-0.2, -0.15) is 0 Å². The molecule has 1 heterocycles. The first-order valence-electron chi connectivity index (χ1n) is 7.67. The molecule has 1 N–H and O–H groups in total. The summed E-state index contributed by atoms with van der Waals surface area (Å²) >= 11 is 0. The summed E-state index contributed by atoms with van der Waals surface area (Å²) < 4.78 is 0. The van der Waals surface area contributed by atoms with Crippen molar-refractivity contribution in [3.8, 4) is 0 Å². The molecule has 17 heavy (non-hydrogen) atoms. The summed E-state index contributed by atoms with van der Waals surface area (Å²) in [5.41, 5.74) is 0. The lowest BCUT2D eigenvalue weighted by Crippen LogP contribution is -2.35. The van der Waals surface area contributed by atoms with Gasteiger partial charge in [0.2, 0.25) is 0 Å². The minimum atomic E-state index is 0.888. The van der Waals surface area contributed by atoms with E-state index in [0.717, 1.165) is 25.3 Å². The van der Waals surface area contributed by atoms with Crippen LogP contribution in [0, 0.1) is 5.41 Å². The van der Waals surface area contributed by atoms with E-state index in [1.54, 1.807) is 0 Å². The van der Waals surface area contributed by atoms with Gasteiger partial charge in [-0.3, -0.25) is 5.41 Å². The molecule has 1 aliphatic heterocycles. The van der Waals surface area contributed by atoms with Crippen LogP contribution in [0.25, 0.3) is 0 Å². The van der Waals surface area contributed by atoms with Gasteiger partial charge in [-0.05, 0) is 19.3 Å².